The van der Waals surface area contributed by atoms with E-state index < -0.39 is 11.6 Å². The first-order valence-corrected chi connectivity index (χ1v) is 5.61. The largest absolute Gasteiger partial charge is 0.376 e. The maximum atomic E-state index is 13.4. The highest BCUT2D eigenvalue weighted by Gasteiger charge is 2.52. The molecule has 92 valence electrons. The molecule has 1 aliphatic carbocycles. The number of anilines is 1. The number of nitrogens with two attached hydrogens (primary N) is 1. The van der Waals surface area contributed by atoms with Crippen molar-refractivity contribution in [3.05, 3.63) is 23.9 Å². The summed E-state index contributed by atoms with van der Waals surface area (Å²) >= 11 is 0. The van der Waals surface area contributed by atoms with Gasteiger partial charge in [-0.3, -0.25) is 0 Å². The van der Waals surface area contributed by atoms with Gasteiger partial charge in [-0.1, -0.05) is 0 Å². The van der Waals surface area contributed by atoms with Crippen LogP contribution in [0, 0.1) is 17.6 Å². The van der Waals surface area contributed by atoms with Crippen molar-refractivity contribution in [2.75, 3.05) is 11.9 Å². The predicted molar refractivity (Wildman–Crippen MR) is 57.4 cm³/mol. The molecule has 1 aromatic rings. The molecule has 2 aliphatic rings. The molecule has 1 saturated heterocycles. The molecule has 1 saturated carbocycles. The van der Waals surface area contributed by atoms with E-state index in [-0.39, 0.29) is 24.0 Å². The van der Waals surface area contributed by atoms with E-state index in [1.165, 1.54) is 0 Å². The number of aromatic nitrogens is 1. The summed E-state index contributed by atoms with van der Waals surface area (Å²) in [5, 5.41) is 2.89. The fourth-order valence-electron chi connectivity index (χ4n) is 2.61. The van der Waals surface area contributed by atoms with Crippen LogP contribution in [-0.4, -0.2) is 29.8 Å². The molecule has 4 unspecified atom stereocenters. The Bertz CT molecular complexity index is 443. The van der Waals surface area contributed by atoms with E-state index in [4.69, 9.17) is 10.5 Å². The molecule has 4 nitrogen and oxygen atoms in total. The van der Waals surface area contributed by atoms with Crippen molar-refractivity contribution in [1.82, 2.24) is 4.98 Å². The smallest absolute Gasteiger partial charge is 0.168 e. The summed E-state index contributed by atoms with van der Waals surface area (Å²) in [6.07, 6.45) is 1.95. The average molecular weight is 241 g/mol. The Balaban J connectivity index is 1.75. The highest BCUT2D eigenvalue weighted by Crippen LogP contribution is 2.39. The molecule has 6 heteroatoms. The van der Waals surface area contributed by atoms with Crippen molar-refractivity contribution in [2.24, 2.45) is 11.7 Å². The Morgan fingerprint density at radius 2 is 2.29 bits per heavy atom. The van der Waals surface area contributed by atoms with Gasteiger partial charge in [0.05, 0.1) is 18.3 Å². The molecule has 1 aromatic heterocycles. The second-order valence-electron chi connectivity index (χ2n) is 4.52. The summed E-state index contributed by atoms with van der Waals surface area (Å²) in [6, 6.07) is 0.593. The van der Waals surface area contributed by atoms with Gasteiger partial charge in [-0.15, -0.1) is 0 Å². The number of hydrogen-bond donors (Lipinski definition) is 2. The number of fused-ring (bicyclic) bond motifs is 1. The molecule has 3 rings (SSSR count). The lowest BCUT2D eigenvalue weighted by Crippen LogP contribution is -2.65. The zero-order valence-corrected chi connectivity index (χ0v) is 9.07. The monoisotopic (exact) mass is 241 g/mol. The molecule has 0 spiro atoms. The standard InChI is InChI=1S/C11H13F2N3O/c12-5-3-7(13)11(15-4-5)16-9-8(14)6-1-2-17-10(6)9/h3-4,6,8-10H,1-2,14H2,(H,15,16). The molecular weight excluding hydrogens is 228 g/mol. The van der Waals surface area contributed by atoms with Crippen LogP contribution in [0.3, 0.4) is 0 Å². The first kappa shape index (κ1) is 10.9. The van der Waals surface area contributed by atoms with Crippen LogP contribution in [0.25, 0.3) is 0 Å². The Morgan fingerprint density at radius 3 is 3.06 bits per heavy atom. The van der Waals surface area contributed by atoms with Gasteiger partial charge < -0.3 is 15.8 Å². The van der Waals surface area contributed by atoms with Crippen molar-refractivity contribution in [3.8, 4) is 0 Å². The second-order valence-corrected chi connectivity index (χ2v) is 4.52. The van der Waals surface area contributed by atoms with Gasteiger partial charge in [-0.05, 0) is 6.42 Å². The first-order valence-electron chi connectivity index (χ1n) is 5.61. The van der Waals surface area contributed by atoms with Crippen LogP contribution in [0.2, 0.25) is 0 Å². The minimum atomic E-state index is -0.710. The molecule has 0 aromatic carbocycles. The van der Waals surface area contributed by atoms with Crippen LogP contribution in [0.1, 0.15) is 6.42 Å². The lowest BCUT2D eigenvalue weighted by molar-refractivity contribution is 0.00512. The van der Waals surface area contributed by atoms with Crippen LogP contribution in [-0.2, 0) is 4.74 Å². The van der Waals surface area contributed by atoms with Gasteiger partial charge in [-0.2, -0.15) is 0 Å². The third-order valence-electron chi connectivity index (χ3n) is 3.56. The lowest BCUT2D eigenvalue weighted by atomic mass is 9.72. The molecule has 0 radical (unpaired) electrons. The summed E-state index contributed by atoms with van der Waals surface area (Å²) in [5.74, 6) is -1.03. The van der Waals surface area contributed by atoms with Gasteiger partial charge in [0.2, 0.25) is 0 Å². The maximum Gasteiger partial charge on any atom is 0.168 e. The van der Waals surface area contributed by atoms with Crippen molar-refractivity contribution < 1.29 is 13.5 Å². The molecular formula is C11H13F2N3O. The highest BCUT2D eigenvalue weighted by molar-refractivity contribution is 5.40. The topological polar surface area (TPSA) is 60.2 Å². The van der Waals surface area contributed by atoms with Crippen LogP contribution in [0.15, 0.2) is 12.3 Å². The van der Waals surface area contributed by atoms with Gasteiger partial charge in [0.1, 0.15) is 5.82 Å². The van der Waals surface area contributed by atoms with Crippen LogP contribution >= 0.6 is 0 Å². The number of pyridine rings is 1. The van der Waals surface area contributed by atoms with Gasteiger partial charge in [0, 0.05) is 24.6 Å². The minimum absolute atomic E-state index is 0.0243. The summed E-state index contributed by atoms with van der Waals surface area (Å²) in [6.45, 7) is 0.695. The van der Waals surface area contributed by atoms with E-state index in [1.54, 1.807) is 0 Å². The van der Waals surface area contributed by atoms with Crippen LogP contribution in [0.5, 0.6) is 0 Å². The molecule has 17 heavy (non-hydrogen) atoms. The Labute approximate surface area is 97.2 Å². The number of nitrogens with one attached hydrogen (secondary N) is 1. The van der Waals surface area contributed by atoms with E-state index in [0.717, 1.165) is 18.7 Å². The lowest BCUT2D eigenvalue weighted by Gasteiger charge is -2.45. The Morgan fingerprint density at radius 1 is 1.47 bits per heavy atom. The van der Waals surface area contributed by atoms with Crippen molar-refractivity contribution in [3.63, 3.8) is 0 Å². The molecule has 3 N–H and O–H groups in total. The Kier molecular flexibility index (Phi) is 2.48. The minimum Gasteiger partial charge on any atom is -0.376 e. The third kappa shape index (κ3) is 1.68. The summed E-state index contributed by atoms with van der Waals surface area (Å²) in [7, 11) is 0. The van der Waals surface area contributed by atoms with Gasteiger partial charge in [0.15, 0.2) is 11.6 Å². The summed E-state index contributed by atoms with van der Waals surface area (Å²) < 4.78 is 31.6. The van der Waals surface area contributed by atoms with E-state index in [2.05, 4.69) is 10.3 Å². The molecule has 2 heterocycles. The third-order valence-corrected chi connectivity index (χ3v) is 3.56. The molecule has 0 amide bonds. The van der Waals surface area contributed by atoms with Gasteiger partial charge in [-0.25, -0.2) is 13.8 Å². The van der Waals surface area contributed by atoms with Crippen molar-refractivity contribution >= 4 is 5.82 Å². The number of rotatable bonds is 2. The molecule has 1 aliphatic heterocycles. The molecule has 2 fully saturated rings. The van der Waals surface area contributed by atoms with Gasteiger partial charge >= 0.3 is 0 Å². The summed E-state index contributed by atoms with van der Waals surface area (Å²) in [4.78, 5) is 3.68. The number of nitrogens with zero attached hydrogens (tertiary/aromatic N) is 1. The highest BCUT2D eigenvalue weighted by atomic mass is 19.1. The number of hydrogen-bond acceptors (Lipinski definition) is 4. The number of ether oxygens (including phenoxy) is 1. The average Bonchev–Trinajstić information content (AvgIpc) is 2.72. The fourth-order valence-corrected chi connectivity index (χ4v) is 2.61. The zero-order valence-electron chi connectivity index (χ0n) is 9.07. The maximum absolute atomic E-state index is 13.4. The normalized spacial score (nSPS) is 35.2. The SMILES string of the molecule is NC1C2CCOC2C1Nc1ncc(F)cc1F. The number of halogens is 2. The fraction of sp³-hybridized carbons (Fsp3) is 0.545. The second kappa shape index (κ2) is 3.89. The predicted octanol–water partition coefficient (Wildman–Crippen LogP) is 0.886. The van der Waals surface area contributed by atoms with Crippen molar-refractivity contribution in [1.29, 1.82) is 0 Å². The van der Waals surface area contributed by atoms with E-state index >= 15 is 0 Å². The van der Waals surface area contributed by atoms with Crippen molar-refractivity contribution in [2.45, 2.75) is 24.6 Å². The summed E-state index contributed by atoms with van der Waals surface area (Å²) in [5.41, 5.74) is 5.97. The van der Waals surface area contributed by atoms with Gasteiger partial charge in [0.25, 0.3) is 0 Å². The first-order chi connectivity index (χ1) is 8.16. The zero-order chi connectivity index (χ0) is 12.0. The van der Waals surface area contributed by atoms with Crippen LogP contribution < -0.4 is 11.1 Å². The molecule has 0 bridgehead atoms. The Hall–Kier alpha value is -1.27. The molecule has 4 atom stereocenters. The van der Waals surface area contributed by atoms with E-state index in [9.17, 15) is 8.78 Å². The quantitative estimate of drug-likeness (QED) is 0.807. The van der Waals surface area contributed by atoms with E-state index in [0.29, 0.717) is 12.5 Å². The van der Waals surface area contributed by atoms with Crippen LogP contribution in [0.4, 0.5) is 14.6 Å². The van der Waals surface area contributed by atoms with E-state index in [1.807, 2.05) is 0 Å².